The van der Waals surface area contributed by atoms with Gasteiger partial charge in [-0.15, -0.1) is 0 Å². The highest BCUT2D eigenvalue weighted by Gasteiger charge is 2.29. The van der Waals surface area contributed by atoms with Crippen LogP contribution in [-0.4, -0.2) is 19.0 Å². The number of nitrogens with zero attached hydrogens (tertiary/aromatic N) is 1. The zero-order valence-corrected chi connectivity index (χ0v) is 11.5. The van der Waals surface area contributed by atoms with Crippen molar-refractivity contribution in [2.75, 3.05) is 13.1 Å². The van der Waals surface area contributed by atoms with Crippen molar-refractivity contribution in [2.45, 2.75) is 32.4 Å². The van der Waals surface area contributed by atoms with Crippen LogP contribution in [0.15, 0.2) is 29.3 Å². The molecule has 0 aliphatic carbocycles. The van der Waals surface area contributed by atoms with E-state index >= 15 is 0 Å². The van der Waals surface area contributed by atoms with Gasteiger partial charge in [0.25, 0.3) is 0 Å². The Balaban J connectivity index is 2.37. The molecule has 0 saturated heterocycles. The molecule has 0 aromatic heterocycles. The lowest BCUT2D eigenvalue weighted by molar-refractivity contribution is -0.137. The van der Waals surface area contributed by atoms with Crippen LogP contribution in [-0.2, 0) is 12.6 Å². The minimum Gasteiger partial charge on any atom is -0.370 e. The molecule has 0 bridgehead atoms. The molecule has 1 rings (SSSR count). The average Bonchev–Trinajstić information content (AvgIpc) is 2.38. The summed E-state index contributed by atoms with van der Waals surface area (Å²) in [7, 11) is 0. The summed E-state index contributed by atoms with van der Waals surface area (Å²) in [5, 5.41) is 2.94. The van der Waals surface area contributed by atoms with Gasteiger partial charge in [0.15, 0.2) is 5.96 Å². The molecule has 1 aromatic carbocycles. The summed E-state index contributed by atoms with van der Waals surface area (Å²) < 4.78 is 37.1. The molecule has 20 heavy (non-hydrogen) atoms. The van der Waals surface area contributed by atoms with E-state index in [1.54, 1.807) is 0 Å². The van der Waals surface area contributed by atoms with E-state index in [0.717, 1.165) is 30.5 Å². The molecule has 0 heterocycles. The molecule has 3 nitrogen and oxygen atoms in total. The van der Waals surface area contributed by atoms with Crippen molar-refractivity contribution in [2.24, 2.45) is 10.7 Å². The van der Waals surface area contributed by atoms with Crippen LogP contribution in [0.3, 0.4) is 0 Å². The van der Waals surface area contributed by atoms with Crippen LogP contribution in [0.4, 0.5) is 13.2 Å². The Kier molecular flexibility index (Phi) is 6.35. The van der Waals surface area contributed by atoms with Gasteiger partial charge < -0.3 is 11.1 Å². The van der Waals surface area contributed by atoms with Crippen molar-refractivity contribution >= 4 is 5.96 Å². The smallest absolute Gasteiger partial charge is 0.370 e. The van der Waals surface area contributed by atoms with Crippen LogP contribution in [0.25, 0.3) is 0 Å². The first-order valence-electron chi connectivity index (χ1n) is 6.63. The molecule has 0 saturated carbocycles. The fourth-order valence-corrected chi connectivity index (χ4v) is 1.61. The second-order valence-corrected chi connectivity index (χ2v) is 4.49. The summed E-state index contributed by atoms with van der Waals surface area (Å²) in [6.45, 7) is 3.31. The summed E-state index contributed by atoms with van der Waals surface area (Å²) in [6.07, 6.45) is -1.64. The van der Waals surface area contributed by atoms with Crippen LogP contribution in [0.5, 0.6) is 0 Å². The highest BCUT2D eigenvalue weighted by atomic mass is 19.4. The number of alkyl halides is 3. The summed E-state index contributed by atoms with van der Waals surface area (Å²) >= 11 is 0. The van der Waals surface area contributed by atoms with E-state index in [0.29, 0.717) is 25.5 Å². The third-order valence-electron chi connectivity index (χ3n) is 2.79. The predicted octanol–water partition coefficient (Wildman–Crippen LogP) is 2.95. The number of rotatable bonds is 6. The number of aliphatic imine (C=N–C) groups is 1. The quantitative estimate of drug-likeness (QED) is 0.480. The first-order chi connectivity index (χ1) is 9.43. The summed E-state index contributed by atoms with van der Waals surface area (Å²) in [6, 6.07) is 5.14. The van der Waals surface area contributed by atoms with Crippen LogP contribution >= 0.6 is 0 Å². The van der Waals surface area contributed by atoms with Gasteiger partial charge in [-0.05, 0) is 30.5 Å². The Bertz CT molecular complexity index is 424. The van der Waals surface area contributed by atoms with Gasteiger partial charge in [0.1, 0.15) is 0 Å². The number of unbranched alkanes of at least 4 members (excludes halogenated alkanes) is 1. The molecule has 6 heteroatoms. The van der Waals surface area contributed by atoms with E-state index in [9.17, 15) is 13.2 Å². The molecular formula is C14H20F3N3. The molecule has 0 radical (unpaired) electrons. The highest BCUT2D eigenvalue weighted by molar-refractivity contribution is 5.77. The maximum Gasteiger partial charge on any atom is 0.416 e. The van der Waals surface area contributed by atoms with Gasteiger partial charge in [-0.1, -0.05) is 25.5 Å². The third kappa shape index (κ3) is 5.95. The highest BCUT2D eigenvalue weighted by Crippen LogP contribution is 2.29. The normalized spacial score (nSPS) is 12.5. The van der Waals surface area contributed by atoms with Gasteiger partial charge in [0.2, 0.25) is 0 Å². The standard InChI is InChI=1S/C14H20F3N3/c1-2-3-9-19-13(18)20-10-8-11-4-6-12(7-5-11)14(15,16)17/h4-7H,2-3,8-10H2,1H3,(H3,18,19,20). The number of guanidine groups is 1. The molecule has 0 spiro atoms. The Hall–Kier alpha value is -1.72. The molecule has 0 aliphatic heterocycles. The van der Waals surface area contributed by atoms with Crippen molar-refractivity contribution in [1.29, 1.82) is 0 Å². The topological polar surface area (TPSA) is 50.4 Å². The first kappa shape index (κ1) is 16.3. The van der Waals surface area contributed by atoms with Crippen LogP contribution in [0.2, 0.25) is 0 Å². The van der Waals surface area contributed by atoms with Crippen LogP contribution < -0.4 is 11.1 Å². The van der Waals surface area contributed by atoms with E-state index < -0.39 is 11.7 Å². The zero-order valence-electron chi connectivity index (χ0n) is 11.5. The summed E-state index contributed by atoms with van der Waals surface area (Å²) in [4.78, 5) is 4.13. The van der Waals surface area contributed by atoms with Gasteiger partial charge in [-0.2, -0.15) is 13.2 Å². The SMILES string of the molecule is CCCCN=C(N)NCCc1ccc(C(F)(F)F)cc1. The van der Waals surface area contributed by atoms with E-state index in [-0.39, 0.29) is 0 Å². The largest absolute Gasteiger partial charge is 0.416 e. The van der Waals surface area contributed by atoms with Crippen molar-refractivity contribution in [1.82, 2.24) is 5.32 Å². The Labute approximate surface area is 117 Å². The number of benzene rings is 1. The lowest BCUT2D eigenvalue weighted by Gasteiger charge is -2.08. The molecule has 0 unspecified atom stereocenters. The number of nitrogens with two attached hydrogens (primary N) is 1. The Morgan fingerprint density at radius 1 is 1.25 bits per heavy atom. The molecule has 0 amide bonds. The lowest BCUT2D eigenvalue weighted by atomic mass is 10.1. The number of hydrogen-bond acceptors (Lipinski definition) is 1. The second kappa shape index (κ2) is 7.77. The predicted molar refractivity (Wildman–Crippen MR) is 74.5 cm³/mol. The van der Waals surface area contributed by atoms with E-state index in [1.807, 2.05) is 0 Å². The van der Waals surface area contributed by atoms with Crippen LogP contribution in [0.1, 0.15) is 30.9 Å². The van der Waals surface area contributed by atoms with Gasteiger partial charge in [0.05, 0.1) is 5.56 Å². The molecule has 112 valence electrons. The molecule has 1 aromatic rings. The van der Waals surface area contributed by atoms with Crippen molar-refractivity contribution in [3.8, 4) is 0 Å². The zero-order chi connectivity index (χ0) is 15.0. The Morgan fingerprint density at radius 2 is 1.90 bits per heavy atom. The molecule has 3 N–H and O–H groups in total. The van der Waals surface area contributed by atoms with Gasteiger partial charge in [0, 0.05) is 13.1 Å². The summed E-state index contributed by atoms with van der Waals surface area (Å²) in [5.41, 5.74) is 5.85. The van der Waals surface area contributed by atoms with Crippen molar-refractivity contribution in [3.63, 3.8) is 0 Å². The maximum absolute atomic E-state index is 12.4. The minimum atomic E-state index is -4.28. The number of hydrogen-bond donors (Lipinski definition) is 2. The maximum atomic E-state index is 12.4. The van der Waals surface area contributed by atoms with Gasteiger partial charge >= 0.3 is 6.18 Å². The fraction of sp³-hybridized carbons (Fsp3) is 0.500. The molecule has 0 atom stereocenters. The fourth-order valence-electron chi connectivity index (χ4n) is 1.61. The molecular weight excluding hydrogens is 267 g/mol. The van der Waals surface area contributed by atoms with Crippen molar-refractivity contribution in [3.05, 3.63) is 35.4 Å². The molecule has 0 fully saturated rings. The third-order valence-corrected chi connectivity index (χ3v) is 2.79. The number of halogens is 3. The summed E-state index contributed by atoms with van der Waals surface area (Å²) in [5.74, 6) is 0.380. The minimum absolute atomic E-state index is 0.380. The van der Waals surface area contributed by atoms with E-state index in [1.165, 1.54) is 12.1 Å². The average molecular weight is 287 g/mol. The Morgan fingerprint density at radius 3 is 2.45 bits per heavy atom. The van der Waals surface area contributed by atoms with Gasteiger partial charge in [-0.25, -0.2) is 0 Å². The molecule has 0 aliphatic rings. The van der Waals surface area contributed by atoms with Crippen molar-refractivity contribution < 1.29 is 13.2 Å². The lowest BCUT2D eigenvalue weighted by Crippen LogP contribution is -2.33. The van der Waals surface area contributed by atoms with E-state index in [2.05, 4.69) is 17.2 Å². The van der Waals surface area contributed by atoms with E-state index in [4.69, 9.17) is 5.73 Å². The first-order valence-corrected chi connectivity index (χ1v) is 6.63. The van der Waals surface area contributed by atoms with Gasteiger partial charge in [-0.3, -0.25) is 4.99 Å². The number of nitrogens with one attached hydrogen (secondary N) is 1. The monoisotopic (exact) mass is 287 g/mol. The second-order valence-electron chi connectivity index (χ2n) is 4.49. The van der Waals surface area contributed by atoms with Crippen LogP contribution in [0, 0.1) is 0 Å².